The minimum Gasteiger partial charge on any atom is -0.298 e. The molecule has 3 nitrogen and oxygen atoms in total. The lowest BCUT2D eigenvalue weighted by atomic mass is 9.88. The van der Waals surface area contributed by atoms with Gasteiger partial charge in [0, 0.05) is 16.7 Å². The highest BCUT2D eigenvalue weighted by Gasteiger charge is 2.23. The second-order valence-corrected chi connectivity index (χ2v) is 4.43. The largest absolute Gasteiger partial charge is 0.298 e. The lowest BCUT2D eigenvalue weighted by molar-refractivity contribution is -0.105. The minimum absolute atomic E-state index is 0.191. The van der Waals surface area contributed by atoms with Gasteiger partial charge in [-0.05, 0) is 24.1 Å². The number of hydrogen-bond donors (Lipinski definition) is 0. The lowest BCUT2D eigenvalue weighted by Gasteiger charge is -2.12. The van der Waals surface area contributed by atoms with Gasteiger partial charge in [0.25, 0.3) is 0 Å². The first-order valence-corrected chi connectivity index (χ1v) is 6.23. The minimum atomic E-state index is -0.203. The molecule has 0 atom stereocenters. The quantitative estimate of drug-likeness (QED) is 0.613. The van der Waals surface area contributed by atoms with Crippen LogP contribution in [0.15, 0.2) is 47.6 Å². The summed E-state index contributed by atoms with van der Waals surface area (Å²) in [5, 5.41) is 0. The smallest absolute Gasteiger partial charge is 0.193 e. The summed E-state index contributed by atoms with van der Waals surface area (Å²) in [6, 6.07) is 6.73. The Morgan fingerprint density at radius 2 is 1.84 bits per heavy atom. The lowest BCUT2D eigenvalue weighted by Crippen LogP contribution is -2.16. The molecule has 0 aliphatic heterocycles. The maximum Gasteiger partial charge on any atom is 0.193 e. The number of ketones is 2. The summed E-state index contributed by atoms with van der Waals surface area (Å²) in [7, 11) is 0. The molecule has 0 heterocycles. The van der Waals surface area contributed by atoms with Crippen LogP contribution in [0.4, 0.5) is 0 Å². The SMILES string of the molecule is CCC/C(C=O)=C\C1=CC(=O)c2ccccc2C1=O. The molecule has 2 rings (SSSR count). The Hall–Kier alpha value is -2.29. The molecule has 0 saturated carbocycles. The Bertz CT molecular complexity index is 606. The zero-order valence-electron chi connectivity index (χ0n) is 10.7. The van der Waals surface area contributed by atoms with Crippen LogP contribution in [0, 0.1) is 0 Å². The van der Waals surface area contributed by atoms with Gasteiger partial charge in [0.05, 0.1) is 0 Å². The predicted octanol–water partition coefficient (Wildman–Crippen LogP) is 2.92. The van der Waals surface area contributed by atoms with E-state index in [0.717, 1.165) is 12.7 Å². The molecule has 1 aromatic rings. The van der Waals surface area contributed by atoms with E-state index < -0.39 is 0 Å². The maximum atomic E-state index is 12.2. The van der Waals surface area contributed by atoms with Gasteiger partial charge in [-0.25, -0.2) is 0 Å². The molecule has 0 radical (unpaired) electrons. The maximum absolute atomic E-state index is 12.2. The van der Waals surface area contributed by atoms with E-state index in [1.807, 2.05) is 6.92 Å². The summed E-state index contributed by atoms with van der Waals surface area (Å²) in [6.45, 7) is 1.95. The van der Waals surface area contributed by atoms with Crippen molar-refractivity contribution in [2.45, 2.75) is 19.8 Å². The number of hydrogen-bond acceptors (Lipinski definition) is 3. The molecule has 1 aliphatic carbocycles. The third kappa shape index (κ3) is 2.60. The molecule has 0 saturated heterocycles. The van der Waals surface area contributed by atoms with Crippen molar-refractivity contribution in [3.05, 3.63) is 58.7 Å². The molecular weight excluding hydrogens is 240 g/mol. The fourth-order valence-corrected chi connectivity index (χ4v) is 2.10. The Labute approximate surface area is 111 Å². The summed E-state index contributed by atoms with van der Waals surface area (Å²) in [5.74, 6) is -0.395. The van der Waals surface area contributed by atoms with Crippen molar-refractivity contribution in [2.24, 2.45) is 0 Å². The molecular formula is C16H14O3. The Morgan fingerprint density at radius 1 is 1.16 bits per heavy atom. The van der Waals surface area contributed by atoms with Crippen molar-refractivity contribution in [1.29, 1.82) is 0 Å². The van der Waals surface area contributed by atoms with E-state index >= 15 is 0 Å². The summed E-state index contributed by atoms with van der Waals surface area (Å²) < 4.78 is 0. The third-order valence-corrected chi connectivity index (χ3v) is 3.02. The van der Waals surface area contributed by atoms with Crippen LogP contribution in [0.2, 0.25) is 0 Å². The molecule has 0 amide bonds. The van der Waals surface area contributed by atoms with Gasteiger partial charge < -0.3 is 0 Å². The van der Waals surface area contributed by atoms with Crippen molar-refractivity contribution < 1.29 is 14.4 Å². The van der Waals surface area contributed by atoms with Gasteiger partial charge in [0.15, 0.2) is 11.6 Å². The fourth-order valence-electron chi connectivity index (χ4n) is 2.10. The van der Waals surface area contributed by atoms with Crippen molar-refractivity contribution in [1.82, 2.24) is 0 Å². The number of rotatable bonds is 4. The van der Waals surface area contributed by atoms with Crippen molar-refractivity contribution >= 4 is 17.9 Å². The van der Waals surface area contributed by atoms with Gasteiger partial charge in [0.1, 0.15) is 6.29 Å². The topological polar surface area (TPSA) is 51.2 Å². The number of benzene rings is 1. The summed E-state index contributed by atoms with van der Waals surface area (Å²) in [6.07, 6.45) is 4.99. The highest BCUT2D eigenvalue weighted by molar-refractivity contribution is 6.25. The summed E-state index contributed by atoms with van der Waals surface area (Å²) in [4.78, 5) is 35.1. The monoisotopic (exact) mass is 254 g/mol. The van der Waals surface area contributed by atoms with Crippen LogP contribution in [0.25, 0.3) is 0 Å². The van der Waals surface area contributed by atoms with Gasteiger partial charge >= 0.3 is 0 Å². The molecule has 0 N–H and O–H groups in total. The molecule has 1 aromatic carbocycles. The highest BCUT2D eigenvalue weighted by atomic mass is 16.1. The van der Waals surface area contributed by atoms with Crippen LogP contribution in [0.3, 0.4) is 0 Å². The molecule has 0 unspecified atom stereocenters. The molecule has 0 aromatic heterocycles. The average Bonchev–Trinajstić information content (AvgIpc) is 2.44. The first-order chi connectivity index (χ1) is 9.17. The zero-order valence-corrected chi connectivity index (χ0v) is 10.7. The van der Waals surface area contributed by atoms with Crippen LogP contribution in [0.1, 0.15) is 40.5 Å². The van der Waals surface area contributed by atoms with E-state index in [1.165, 1.54) is 12.2 Å². The molecule has 19 heavy (non-hydrogen) atoms. The van der Waals surface area contributed by atoms with Gasteiger partial charge in [-0.2, -0.15) is 0 Å². The van der Waals surface area contributed by atoms with E-state index in [0.29, 0.717) is 28.7 Å². The Balaban J connectivity index is 2.43. The van der Waals surface area contributed by atoms with E-state index in [2.05, 4.69) is 0 Å². The number of Topliss-reactive ketones (excluding diaryl/α,β-unsaturated/α-hetero) is 1. The number of carbonyl (C=O) groups is 3. The standard InChI is InChI=1S/C16H14O3/c1-2-5-11(10-17)8-12-9-15(18)13-6-3-4-7-14(13)16(12)19/h3-4,6-10H,2,5H2,1H3/b11-8+. The van der Waals surface area contributed by atoms with E-state index in [4.69, 9.17) is 0 Å². The highest BCUT2D eigenvalue weighted by Crippen LogP contribution is 2.22. The number of carbonyl (C=O) groups excluding carboxylic acids is 3. The molecule has 0 spiro atoms. The van der Waals surface area contributed by atoms with Crippen LogP contribution in [0.5, 0.6) is 0 Å². The van der Waals surface area contributed by atoms with Crippen molar-refractivity contribution in [3.63, 3.8) is 0 Å². The molecule has 3 heteroatoms. The molecule has 0 bridgehead atoms. The summed E-state index contributed by atoms with van der Waals surface area (Å²) >= 11 is 0. The van der Waals surface area contributed by atoms with Crippen LogP contribution >= 0.6 is 0 Å². The second-order valence-electron chi connectivity index (χ2n) is 4.43. The molecule has 96 valence electrons. The molecule has 1 aliphatic rings. The van der Waals surface area contributed by atoms with Gasteiger partial charge in [-0.15, -0.1) is 0 Å². The number of fused-ring (bicyclic) bond motifs is 1. The Morgan fingerprint density at radius 3 is 2.47 bits per heavy atom. The second kappa shape index (κ2) is 5.57. The van der Waals surface area contributed by atoms with E-state index in [9.17, 15) is 14.4 Å². The zero-order chi connectivity index (χ0) is 13.8. The normalized spacial score (nSPS) is 15.0. The van der Waals surface area contributed by atoms with Crippen LogP contribution in [-0.4, -0.2) is 17.9 Å². The fraction of sp³-hybridized carbons (Fsp3) is 0.188. The number of allylic oxidation sites excluding steroid dienone is 4. The third-order valence-electron chi connectivity index (χ3n) is 3.02. The number of aldehydes is 1. The van der Waals surface area contributed by atoms with Crippen LogP contribution in [-0.2, 0) is 4.79 Å². The first kappa shape index (κ1) is 13.1. The first-order valence-electron chi connectivity index (χ1n) is 6.23. The van der Waals surface area contributed by atoms with Gasteiger partial charge in [-0.3, -0.25) is 14.4 Å². The summed E-state index contributed by atoms with van der Waals surface area (Å²) in [5.41, 5.74) is 1.66. The predicted molar refractivity (Wildman–Crippen MR) is 72.2 cm³/mol. The van der Waals surface area contributed by atoms with E-state index in [-0.39, 0.29) is 11.6 Å². The van der Waals surface area contributed by atoms with Crippen molar-refractivity contribution in [2.75, 3.05) is 0 Å². The Kier molecular flexibility index (Phi) is 3.85. The van der Waals surface area contributed by atoms with Gasteiger partial charge in [-0.1, -0.05) is 37.6 Å². The van der Waals surface area contributed by atoms with Crippen LogP contribution < -0.4 is 0 Å². The van der Waals surface area contributed by atoms with E-state index in [1.54, 1.807) is 24.3 Å². The molecule has 0 fully saturated rings. The van der Waals surface area contributed by atoms with Crippen molar-refractivity contribution in [3.8, 4) is 0 Å². The average molecular weight is 254 g/mol. The van der Waals surface area contributed by atoms with Gasteiger partial charge in [0.2, 0.25) is 0 Å².